The molecular formula is C28H31N5O2. The summed E-state index contributed by atoms with van der Waals surface area (Å²) in [5.74, 6) is 0.859. The normalized spacial score (nSPS) is 12.6. The van der Waals surface area contributed by atoms with Crippen molar-refractivity contribution in [3.63, 3.8) is 0 Å². The molecule has 0 saturated carbocycles. The van der Waals surface area contributed by atoms with Crippen LogP contribution < -0.4 is 15.0 Å². The minimum absolute atomic E-state index is 0.0662. The standard InChI is InChI=1S/C14H19N3O.C14H12N2O/c1-16(2)13-8-6-12(7-9-13)15-14(18)17-10-4-3-5-11-17;1-17-12-7-5-11(6-8-12)14-13-4-2-3-9-16(13)10-15-14/h4,6-10H,3,5,11H2,1-2H3,(H,15,18);2-10H,1H3. The van der Waals surface area contributed by atoms with Gasteiger partial charge < -0.3 is 24.3 Å². The number of allylic oxidation sites excluding steroid dienone is 1. The number of ether oxygens (including phenoxy) is 1. The lowest BCUT2D eigenvalue weighted by molar-refractivity contribution is 0.226. The lowest BCUT2D eigenvalue weighted by atomic mass is 10.1. The van der Waals surface area contributed by atoms with Crippen molar-refractivity contribution in [1.29, 1.82) is 0 Å². The Hall–Kier alpha value is -4.26. The number of carbonyl (C=O) groups is 1. The maximum absolute atomic E-state index is 11.9. The van der Waals surface area contributed by atoms with E-state index in [-0.39, 0.29) is 6.03 Å². The predicted molar refractivity (Wildman–Crippen MR) is 142 cm³/mol. The molecule has 3 heterocycles. The van der Waals surface area contributed by atoms with Crippen LogP contribution in [-0.2, 0) is 0 Å². The smallest absolute Gasteiger partial charge is 0.325 e. The summed E-state index contributed by atoms with van der Waals surface area (Å²) >= 11 is 0. The van der Waals surface area contributed by atoms with Gasteiger partial charge in [0.1, 0.15) is 5.75 Å². The van der Waals surface area contributed by atoms with Gasteiger partial charge in [-0.2, -0.15) is 0 Å². The van der Waals surface area contributed by atoms with E-state index >= 15 is 0 Å². The first kappa shape index (κ1) is 23.9. The summed E-state index contributed by atoms with van der Waals surface area (Å²) in [5.41, 5.74) is 5.14. The Bertz CT molecular complexity index is 1280. The van der Waals surface area contributed by atoms with Gasteiger partial charge in [-0.25, -0.2) is 9.78 Å². The van der Waals surface area contributed by atoms with Gasteiger partial charge in [0.2, 0.25) is 0 Å². The first-order valence-electron chi connectivity index (χ1n) is 11.6. The van der Waals surface area contributed by atoms with E-state index < -0.39 is 0 Å². The summed E-state index contributed by atoms with van der Waals surface area (Å²) in [6.07, 6.45) is 9.79. The van der Waals surface area contributed by atoms with Crippen molar-refractivity contribution in [2.24, 2.45) is 0 Å². The van der Waals surface area contributed by atoms with Gasteiger partial charge in [0.05, 0.1) is 24.6 Å². The number of imidazole rings is 1. The maximum atomic E-state index is 11.9. The van der Waals surface area contributed by atoms with E-state index in [1.807, 2.05) is 109 Å². The molecule has 35 heavy (non-hydrogen) atoms. The zero-order valence-corrected chi connectivity index (χ0v) is 20.4. The van der Waals surface area contributed by atoms with Crippen LogP contribution in [0, 0.1) is 0 Å². The molecule has 7 nitrogen and oxygen atoms in total. The number of aromatic nitrogens is 2. The van der Waals surface area contributed by atoms with Crippen LogP contribution in [0.25, 0.3) is 16.8 Å². The third-order valence-electron chi connectivity index (χ3n) is 5.76. The van der Waals surface area contributed by atoms with E-state index in [9.17, 15) is 4.79 Å². The Labute approximate surface area is 206 Å². The lowest BCUT2D eigenvalue weighted by Gasteiger charge is -2.22. The van der Waals surface area contributed by atoms with E-state index in [0.717, 1.165) is 53.3 Å². The molecule has 0 unspecified atom stereocenters. The van der Waals surface area contributed by atoms with Crippen LogP contribution in [0.3, 0.4) is 0 Å². The van der Waals surface area contributed by atoms with Gasteiger partial charge >= 0.3 is 6.03 Å². The van der Waals surface area contributed by atoms with Crippen LogP contribution in [-0.4, -0.2) is 48.1 Å². The largest absolute Gasteiger partial charge is 0.497 e. The van der Waals surface area contributed by atoms with Crippen molar-refractivity contribution in [3.8, 4) is 17.0 Å². The quantitative estimate of drug-likeness (QED) is 0.404. The third-order valence-corrected chi connectivity index (χ3v) is 5.76. The Morgan fingerprint density at radius 1 is 1.03 bits per heavy atom. The van der Waals surface area contributed by atoms with Crippen LogP contribution in [0.5, 0.6) is 5.75 Å². The molecule has 180 valence electrons. The summed E-state index contributed by atoms with van der Waals surface area (Å²) in [6, 6.07) is 21.8. The summed E-state index contributed by atoms with van der Waals surface area (Å²) in [6.45, 7) is 0.790. The molecule has 2 aromatic heterocycles. The molecule has 0 radical (unpaired) electrons. The van der Waals surface area contributed by atoms with E-state index in [1.165, 1.54) is 0 Å². The molecule has 1 aliphatic rings. The van der Waals surface area contributed by atoms with Crippen LogP contribution in [0.1, 0.15) is 12.8 Å². The number of benzene rings is 2. The second-order valence-electron chi connectivity index (χ2n) is 8.41. The van der Waals surface area contributed by atoms with Gasteiger partial charge in [0.25, 0.3) is 0 Å². The molecule has 2 amide bonds. The zero-order valence-electron chi connectivity index (χ0n) is 20.4. The second-order valence-corrected chi connectivity index (χ2v) is 8.41. The summed E-state index contributed by atoms with van der Waals surface area (Å²) < 4.78 is 7.16. The Morgan fingerprint density at radius 3 is 2.46 bits per heavy atom. The van der Waals surface area contributed by atoms with Gasteiger partial charge in [0, 0.05) is 50.0 Å². The molecule has 5 rings (SSSR count). The average molecular weight is 470 g/mol. The van der Waals surface area contributed by atoms with Gasteiger partial charge in [-0.05, 0) is 73.5 Å². The molecule has 4 aromatic rings. The molecular weight excluding hydrogens is 438 g/mol. The fourth-order valence-corrected chi connectivity index (χ4v) is 3.78. The van der Waals surface area contributed by atoms with E-state index in [0.29, 0.717) is 0 Å². The monoisotopic (exact) mass is 469 g/mol. The molecule has 0 aliphatic carbocycles. The molecule has 0 fully saturated rings. The highest BCUT2D eigenvalue weighted by atomic mass is 16.5. The van der Waals surface area contributed by atoms with Crippen molar-refractivity contribution in [2.45, 2.75) is 12.8 Å². The summed E-state index contributed by atoms with van der Waals surface area (Å²) in [5, 5.41) is 2.89. The van der Waals surface area contributed by atoms with E-state index in [2.05, 4.69) is 16.4 Å². The molecule has 0 atom stereocenters. The summed E-state index contributed by atoms with van der Waals surface area (Å²) in [4.78, 5) is 20.1. The second kappa shape index (κ2) is 11.2. The third kappa shape index (κ3) is 6.00. The maximum Gasteiger partial charge on any atom is 0.325 e. The van der Waals surface area contributed by atoms with Crippen LogP contribution >= 0.6 is 0 Å². The lowest BCUT2D eigenvalue weighted by Crippen LogP contribution is -2.32. The summed E-state index contributed by atoms with van der Waals surface area (Å²) in [7, 11) is 5.65. The zero-order chi connectivity index (χ0) is 24.6. The van der Waals surface area contributed by atoms with Crippen LogP contribution in [0.4, 0.5) is 16.2 Å². The minimum Gasteiger partial charge on any atom is -0.497 e. The number of nitrogens with zero attached hydrogens (tertiary/aromatic N) is 4. The fourth-order valence-electron chi connectivity index (χ4n) is 3.78. The number of fused-ring (bicyclic) bond motifs is 1. The molecule has 0 spiro atoms. The number of pyridine rings is 1. The number of hydrogen-bond donors (Lipinski definition) is 1. The molecule has 1 aliphatic heterocycles. The van der Waals surface area contributed by atoms with E-state index in [1.54, 1.807) is 12.0 Å². The Morgan fingerprint density at radius 2 is 1.80 bits per heavy atom. The highest BCUT2D eigenvalue weighted by molar-refractivity contribution is 5.90. The number of anilines is 2. The topological polar surface area (TPSA) is 62.1 Å². The molecule has 2 aromatic carbocycles. The van der Waals surface area contributed by atoms with Crippen molar-refractivity contribution < 1.29 is 9.53 Å². The van der Waals surface area contributed by atoms with Crippen LogP contribution in [0.15, 0.2) is 91.5 Å². The minimum atomic E-state index is -0.0662. The van der Waals surface area contributed by atoms with Gasteiger partial charge in [-0.3, -0.25) is 0 Å². The SMILES string of the molecule is CN(C)c1ccc(NC(=O)N2C=CCCC2)cc1.COc1ccc(-c2ncn3ccccc23)cc1. The predicted octanol–water partition coefficient (Wildman–Crippen LogP) is 5.90. The van der Waals surface area contributed by atoms with Crippen molar-refractivity contribution in [2.75, 3.05) is 38.0 Å². The number of methoxy groups -OCH3 is 1. The Balaban J connectivity index is 0.000000165. The first-order valence-corrected chi connectivity index (χ1v) is 11.6. The molecule has 1 N–H and O–H groups in total. The molecule has 7 heteroatoms. The van der Waals surface area contributed by atoms with Gasteiger partial charge in [0.15, 0.2) is 0 Å². The number of hydrogen-bond acceptors (Lipinski definition) is 4. The number of nitrogens with one attached hydrogen (secondary N) is 1. The highest BCUT2D eigenvalue weighted by Crippen LogP contribution is 2.25. The van der Waals surface area contributed by atoms with Gasteiger partial charge in [-0.1, -0.05) is 12.1 Å². The van der Waals surface area contributed by atoms with Crippen molar-refractivity contribution in [3.05, 3.63) is 91.5 Å². The first-order chi connectivity index (χ1) is 17.0. The van der Waals surface area contributed by atoms with Crippen molar-refractivity contribution >= 4 is 22.9 Å². The number of rotatable bonds is 4. The fraction of sp³-hybridized carbons (Fsp3) is 0.214. The van der Waals surface area contributed by atoms with Crippen LogP contribution in [0.2, 0.25) is 0 Å². The molecule has 0 bridgehead atoms. The Kier molecular flexibility index (Phi) is 7.67. The average Bonchev–Trinajstić information content (AvgIpc) is 3.34. The number of urea groups is 1. The number of carbonyl (C=O) groups excluding carboxylic acids is 1. The highest BCUT2D eigenvalue weighted by Gasteiger charge is 2.12. The molecule has 0 saturated heterocycles. The van der Waals surface area contributed by atoms with Gasteiger partial charge in [-0.15, -0.1) is 0 Å². The number of amides is 2. The van der Waals surface area contributed by atoms with E-state index in [4.69, 9.17) is 4.74 Å². The van der Waals surface area contributed by atoms with Crippen molar-refractivity contribution in [1.82, 2.24) is 14.3 Å².